The summed E-state index contributed by atoms with van der Waals surface area (Å²) in [5, 5.41) is 1.34. The molecule has 3 rings (SSSR count). The van der Waals surface area contributed by atoms with Crippen molar-refractivity contribution in [3.05, 3.63) is 23.7 Å². The summed E-state index contributed by atoms with van der Waals surface area (Å²) in [6.45, 7) is 9.75. The van der Waals surface area contributed by atoms with Crippen LogP contribution in [0.25, 0.3) is 0 Å². The molecule has 20 heavy (non-hydrogen) atoms. The average molecular weight is 294 g/mol. The highest BCUT2D eigenvalue weighted by atomic mass is 32.2. The zero-order chi connectivity index (χ0) is 14.3. The van der Waals surface area contributed by atoms with Gasteiger partial charge in [-0.25, -0.2) is 0 Å². The van der Waals surface area contributed by atoms with Gasteiger partial charge in [-0.3, -0.25) is 4.90 Å². The predicted molar refractivity (Wildman–Crippen MR) is 85.1 cm³/mol. The molecule has 1 saturated heterocycles. The largest absolute Gasteiger partial charge is 0.464 e. The molecule has 112 valence electrons. The van der Waals surface area contributed by atoms with E-state index in [1.807, 2.05) is 0 Å². The van der Waals surface area contributed by atoms with Crippen LogP contribution in [0.1, 0.15) is 50.7 Å². The minimum Gasteiger partial charge on any atom is -0.464 e. The fourth-order valence-electron chi connectivity index (χ4n) is 3.38. The summed E-state index contributed by atoms with van der Waals surface area (Å²) in [7, 11) is 0. The summed E-state index contributed by atoms with van der Waals surface area (Å²) >= 11 is 2.08. The maximum atomic E-state index is 6.13. The topological polar surface area (TPSA) is 42.4 Å². The van der Waals surface area contributed by atoms with E-state index >= 15 is 0 Å². The Hall–Kier alpha value is -0.450. The second kappa shape index (κ2) is 5.74. The van der Waals surface area contributed by atoms with Crippen LogP contribution in [0.2, 0.25) is 0 Å². The predicted octanol–water partition coefficient (Wildman–Crippen LogP) is 3.23. The molecule has 2 fully saturated rings. The van der Waals surface area contributed by atoms with Crippen molar-refractivity contribution in [2.45, 2.75) is 49.7 Å². The number of nitrogens with zero attached hydrogens (tertiary/aromatic N) is 1. The second-order valence-corrected chi connectivity index (χ2v) is 8.40. The second-order valence-electron chi connectivity index (χ2n) is 6.52. The third-order valence-corrected chi connectivity index (χ3v) is 5.79. The summed E-state index contributed by atoms with van der Waals surface area (Å²) in [5.74, 6) is 3.67. The smallest absolute Gasteiger partial charge is 0.122 e. The van der Waals surface area contributed by atoms with Crippen molar-refractivity contribution in [2.24, 2.45) is 11.7 Å². The molecular weight excluding hydrogens is 268 g/mol. The third kappa shape index (κ3) is 2.92. The molecule has 1 aromatic heterocycles. The average Bonchev–Trinajstić information content (AvgIpc) is 2.92. The standard InChI is InChI=1S/C16H26N2OS/c1-10-6-13(10)15-4-5-16(19-15)14(7-17)18-8-11(2)20-12(3)9-18/h4-5,10-14H,6-9,17H2,1-3H3. The van der Waals surface area contributed by atoms with Gasteiger partial charge in [0.25, 0.3) is 0 Å². The zero-order valence-electron chi connectivity index (χ0n) is 12.7. The maximum Gasteiger partial charge on any atom is 0.122 e. The number of thioether (sulfide) groups is 1. The molecule has 1 aliphatic heterocycles. The van der Waals surface area contributed by atoms with Gasteiger partial charge in [0.2, 0.25) is 0 Å². The highest BCUT2D eigenvalue weighted by Crippen LogP contribution is 2.47. The minimum absolute atomic E-state index is 0.239. The van der Waals surface area contributed by atoms with E-state index in [1.54, 1.807) is 0 Å². The molecule has 0 aromatic carbocycles. The van der Waals surface area contributed by atoms with Crippen molar-refractivity contribution in [3.63, 3.8) is 0 Å². The highest BCUT2D eigenvalue weighted by molar-refractivity contribution is 8.00. The van der Waals surface area contributed by atoms with E-state index in [2.05, 4.69) is 49.6 Å². The first-order valence-electron chi connectivity index (χ1n) is 7.77. The fourth-order valence-corrected chi connectivity index (χ4v) is 4.73. The third-order valence-electron chi connectivity index (χ3n) is 4.56. The maximum absolute atomic E-state index is 6.13. The van der Waals surface area contributed by atoms with Gasteiger partial charge >= 0.3 is 0 Å². The van der Waals surface area contributed by atoms with Gasteiger partial charge in [-0.15, -0.1) is 0 Å². The van der Waals surface area contributed by atoms with Crippen molar-refractivity contribution in [1.29, 1.82) is 0 Å². The van der Waals surface area contributed by atoms with Crippen LogP contribution < -0.4 is 5.73 Å². The number of hydrogen-bond donors (Lipinski definition) is 1. The van der Waals surface area contributed by atoms with Crippen molar-refractivity contribution in [2.75, 3.05) is 19.6 Å². The molecular formula is C16H26N2OS. The van der Waals surface area contributed by atoms with Crippen LogP contribution in [0.3, 0.4) is 0 Å². The van der Waals surface area contributed by atoms with E-state index < -0.39 is 0 Å². The van der Waals surface area contributed by atoms with Gasteiger partial charge in [-0.1, -0.05) is 20.8 Å². The van der Waals surface area contributed by atoms with Crippen LogP contribution in [0.15, 0.2) is 16.5 Å². The number of furan rings is 1. The summed E-state index contributed by atoms with van der Waals surface area (Å²) in [6.07, 6.45) is 1.27. The van der Waals surface area contributed by atoms with Gasteiger partial charge in [0.1, 0.15) is 11.5 Å². The Morgan fingerprint density at radius 1 is 1.30 bits per heavy atom. The molecule has 2 aliphatic rings. The van der Waals surface area contributed by atoms with Gasteiger partial charge < -0.3 is 10.2 Å². The molecule has 2 heterocycles. The van der Waals surface area contributed by atoms with Gasteiger partial charge in [0.05, 0.1) is 6.04 Å². The molecule has 3 nitrogen and oxygen atoms in total. The van der Waals surface area contributed by atoms with Gasteiger partial charge in [0.15, 0.2) is 0 Å². The first-order valence-corrected chi connectivity index (χ1v) is 8.72. The number of hydrogen-bond acceptors (Lipinski definition) is 4. The lowest BCUT2D eigenvalue weighted by Crippen LogP contribution is -2.44. The molecule has 1 aromatic rings. The highest BCUT2D eigenvalue weighted by Gasteiger charge is 2.37. The number of nitrogens with two attached hydrogens (primary N) is 1. The van der Waals surface area contributed by atoms with E-state index in [0.717, 1.165) is 24.8 Å². The first kappa shape index (κ1) is 14.5. The van der Waals surface area contributed by atoms with Gasteiger partial charge in [-0.05, 0) is 24.5 Å². The van der Waals surface area contributed by atoms with Crippen LogP contribution in [-0.4, -0.2) is 35.0 Å². The van der Waals surface area contributed by atoms with Crippen molar-refractivity contribution in [1.82, 2.24) is 4.90 Å². The Balaban J connectivity index is 1.73. The van der Waals surface area contributed by atoms with Crippen LogP contribution >= 0.6 is 11.8 Å². The molecule has 1 aliphatic carbocycles. The lowest BCUT2D eigenvalue weighted by molar-refractivity contribution is 0.175. The monoisotopic (exact) mass is 294 g/mol. The normalized spacial score (nSPS) is 36.0. The number of rotatable bonds is 4. The van der Waals surface area contributed by atoms with E-state index in [0.29, 0.717) is 23.0 Å². The van der Waals surface area contributed by atoms with Crippen molar-refractivity contribution < 1.29 is 4.42 Å². The van der Waals surface area contributed by atoms with E-state index in [4.69, 9.17) is 10.2 Å². The van der Waals surface area contributed by atoms with Crippen molar-refractivity contribution in [3.8, 4) is 0 Å². The van der Waals surface area contributed by atoms with E-state index in [1.165, 1.54) is 12.2 Å². The van der Waals surface area contributed by atoms with Crippen LogP contribution in [0, 0.1) is 5.92 Å². The van der Waals surface area contributed by atoms with E-state index in [-0.39, 0.29) is 6.04 Å². The Bertz CT molecular complexity index is 451. The Labute approximate surface area is 126 Å². The molecule has 0 spiro atoms. The Kier molecular flexibility index (Phi) is 4.16. The Morgan fingerprint density at radius 2 is 1.95 bits per heavy atom. The SMILES string of the molecule is CC1CN(C(CN)c2ccc(C3CC3C)o2)CC(C)S1. The first-order chi connectivity index (χ1) is 9.58. The van der Waals surface area contributed by atoms with Crippen LogP contribution in [0.5, 0.6) is 0 Å². The zero-order valence-corrected chi connectivity index (χ0v) is 13.5. The molecule has 2 N–H and O–H groups in total. The molecule has 5 atom stereocenters. The molecule has 5 unspecified atom stereocenters. The molecule has 0 radical (unpaired) electrons. The van der Waals surface area contributed by atoms with Crippen LogP contribution in [-0.2, 0) is 0 Å². The van der Waals surface area contributed by atoms with E-state index in [9.17, 15) is 0 Å². The lowest BCUT2D eigenvalue weighted by atomic mass is 10.1. The lowest BCUT2D eigenvalue weighted by Gasteiger charge is -2.38. The summed E-state index contributed by atoms with van der Waals surface area (Å²) in [4.78, 5) is 2.50. The summed E-state index contributed by atoms with van der Waals surface area (Å²) in [5.41, 5.74) is 6.05. The summed E-state index contributed by atoms with van der Waals surface area (Å²) < 4.78 is 6.13. The Morgan fingerprint density at radius 3 is 2.50 bits per heavy atom. The van der Waals surface area contributed by atoms with Gasteiger partial charge in [-0.2, -0.15) is 11.8 Å². The van der Waals surface area contributed by atoms with Crippen molar-refractivity contribution >= 4 is 11.8 Å². The summed E-state index contributed by atoms with van der Waals surface area (Å²) in [6, 6.07) is 4.55. The molecule has 0 bridgehead atoms. The fraction of sp³-hybridized carbons (Fsp3) is 0.750. The van der Waals surface area contributed by atoms with Crippen LogP contribution in [0.4, 0.5) is 0 Å². The minimum atomic E-state index is 0.239. The quantitative estimate of drug-likeness (QED) is 0.926. The molecule has 1 saturated carbocycles. The molecule has 4 heteroatoms. The molecule has 0 amide bonds. The van der Waals surface area contributed by atoms with Gasteiger partial charge in [0, 0.05) is 36.1 Å².